The topological polar surface area (TPSA) is 68.1 Å². The van der Waals surface area contributed by atoms with Crippen LogP contribution >= 0.6 is 0 Å². The Morgan fingerprint density at radius 1 is 0.742 bits per heavy atom. The van der Waals surface area contributed by atoms with Gasteiger partial charge in [-0.15, -0.1) is 0 Å². The van der Waals surface area contributed by atoms with Crippen molar-refractivity contribution in [2.45, 2.75) is 6.92 Å². The van der Waals surface area contributed by atoms with Crippen molar-refractivity contribution in [2.24, 2.45) is 0 Å². The number of aromatic hydroxyl groups is 1. The Bertz CT molecular complexity index is 1290. The molecular weight excluding hydrogens is 386 g/mol. The average Bonchev–Trinajstić information content (AvgIpc) is 2.83. The highest BCUT2D eigenvalue weighted by Crippen LogP contribution is 2.32. The molecule has 1 N–H and O–H groups in total. The lowest BCUT2D eigenvalue weighted by atomic mass is 10.1. The Labute approximate surface area is 187 Å². The van der Waals surface area contributed by atoms with E-state index in [0.717, 1.165) is 11.1 Å². The third-order valence-corrected chi connectivity index (χ3v) is 4.32. The van der Waals surface area contributed by atoms with Gasteiger partial charge in [0.25, 0.3) is 0 Å². The number of aromatic nitrogens is 3. The van der Waals surface area contributed by atoms with Crippen LogP contribution in [0, 0.1) is 23.9 Å². The number of ether oxygens (including phenoxy) is 1. The summed E-state index contributed by atoms with van der Waals surface area (Å²) in [7, 11) is 0. The van der Waals surface area contributed by atoms with Crippen LogP contribution in [0.2, 0.25) is 0 Å². The van der Waals surface area contributed by atoms with Gasteiger partial charge in [-0.1, -0.05) is 66.6 Å². The van der Waals surface area contributed by atoms with Gasteiger partial charge in [-0.05, 0) is 25.0 Å². The normalized spacial score (nSPS) is 9.71. The molecule has 0 amide bonds. The summed E-state index contributed by atoms with van der Waals surface area (Å²) in [6.45, 7) is 1.69. The second-order valence-electron chi connectivity index (χ2n) is 6.42. The van der Waals surface area contributed by atoms with Crippen molar-refractivity contribution in [2.75, 3.05) is 0 Å². The van der Waals surface area contributed by atoms with Gasteiger partial charge >= 0.3 is 0 Å². The summed E-state index contributed by atoms with van der Waals surface area (Å²) >= 11 is 0. The fourth-order valence-corrected chi connectivity index (χ4v) is 2.87. The van der Waals surface area contributed by atoms with E-state index in [-0.39, 0.29) is 12.9 Å². The molecule has 31 heavy (non-hydrogen) atoms. The molecule has 5 nitrogen and oxygen atoms in total. The van der Waals surface area contributed by atoms with Crippen molar-refractivity contribution in [3.63, 3.8) is 0 Å². The number of phenolic OH excluding ortho intramolecular Hbond substituents is 1. The zero-order valence-electron chi connectivity index (χ0n) is 16.7. The van der Waals surface area contributed by atoms with Crippen LogP contribution in [-0.2, 0) is 0 Å². The Morgan fingerprint density at radius 2 is 1.32 bits per heavy atom. The van der Waals surface area contributed by atoms with E-state index in [4.69, 9.17) is 4.74 Å². The molecule has 1 heterocycles. The second-order valence-corrected chi connectivity index (χ2v) is 6.42. The second kappa shape index (κ2) is 9.26. The fraction of sp³-hybridized carbons (Fsp3) is 0.0385. The van der Waals surface area contributed by atoms with E-state index < -0.39 is 0 Å². The summed E-state index contributed by atoms with van der Waals surface area (Å²) in [5.74, 6) is 9.58. The molecule has 4 rings (SSSR count). The zero-order valence-corrected chi connectivity index (χ0v) is 16.7. The molecule has 158 valence electrons. The van der Waals surface area contributed by atoms with Crippen molar-refractivity contribution < 1.29 is 17.0 Å². The maximum absolute atomic E-state index is 10.6. The van der Waals surface area contributed by atoms with Gasteiger partial charge in [0.1, 0.15) is 17.6 Å². The lowest BCUT2D eigenvalue weighted by molar-refractivity contribution is 0.466. The minimum atomic E-state index is -0.0231. The molecule has 0 fully saturated rings. The molecule has 0 radical (unpaired) electrons. The summed E-state index contributed by atoms with van der Waals surface area (Å²) in [6.07, 6.45) is 2.47. The van der Waals surface area contributed by atoms with Crippen LogP contribution < -0.4 is 4.74 Å². The van der Waals surface area contributed by atoms with Crippen molar-refractivity contribution in [3.05, 3.63) is 78.9 Å². The third kappa shape index (κ3) is 4.70. The lowest BCUT2D eigenvalue weighted by Crippen LogP contribution is -2.00. The Hall–Kier alpha value is -4.61. The van der Waals surface area contributed by atoms with Crippen molar-refractivity contribution in [1.82, 2.24) is 15.0 Å². The van der Waals surface area contributed by atoms with E-state index in [1.165, 1.54) is 6.07 Å². The van der Waals surface area contributed by atoms with E-state index in [9.17, 15) is 5.11 Å². The summed E-state index contributed by atoms with van der Waals surface area (Å²) in [5, 5.41) is 10.6. The maximum atomic E-state index is 10.6. The van der Waals surface area contributed by atoms with Crippen LogP contribution in [0.5, 0.6) is 11.5 Å². The Morgan fingerprint density at radius 3 is 1.87 bits per heavy atom. The first-order chi connectivity index (χ1) is 15.2. The van der Waals surface area contributed by atoms with Gasteiger partial charge in [0.05, 0.1) is 5.56 Å². The zero-order chi connectivity index (χ0) is 21.5. The van der Waals surface area contributed by atoms with E-state index >= 15 is 0 Å². The number of phenols is 1. The molecule has 0 bridgehead atoms. The highest BCUT2D eigenvalue weighted by Gasteiger charge is 2.15. The predicted molar refractivity (Wildman–Crippen MR) is 130 cm³/mol. The number of benzene rings is 3. The predicted octanol–water partition coefficient (Wildman–Crippen LogP) is 6.17. The first-order valence-corrected chi connectivity index (χ1v) is 9.53. The number of hydrogen-bond donors (Lipinski definition) is 1. The van der Waals surface area contributed by atoms with Gasteiger partial charge < -0.3 is 9.84 Å². The summed E-state index contributed by atoms with van der Waals surface area (Å²) < 4.78 is 5.29. The van der Waals surface area contributed by atoms with Crippen molar-refractivity contribution in [3.8, 4) is 69.5 Å². The van der Waals surface area contributed by atoms with Crippen LogP contribution in [0.3, 0.4) is 0 Å². The van der Waals surface area contributed by atoms with Gasteiger partial charge in [-0.25, -0.2) is 15.0 Å². The van der Waals surface area contributed by atoms with Crippen LogP contribution in [-0.4, -0.2) is 20.1 Å². The Kier molecular flexibility index (Phi) is 5.88. The van der Waals surface area contributed by atoms with Crippen LogP contribution in [0.25, 0.3) is 34.2 Å². The molecule has 0 aliphatic rings. The fourth-order valence-electron chi connectivity index (χ4n) is 2.87. The quantitative estimate of drug-likeness (QED) is 0.405. The van der Waals surface area contributed by atoms with Crippen LogP contribution in [0.4, 0.5) is 0 Å². The van der Waals surface area contributed by atoms with Gasteiger partial charge in [0, 0.05) is 30.2 Å². The molecule has 0 atom stereocenters. The van der Waals surface area contributed by atoms with Crippen LogP contribution in [0.15, 0.2) is 78.9 Å². The first kappa shape index (κ1) is 19.7. The third-order valence-electron chi connectivity index (χ3n) is 4.32. The van der Waals surface area contributed by atoms with Gasteiger partial charge in [-0.2, -0.15) is 0 Å². The molecule has 0 aliphatic carbocycles. The van der Waals surface area contributed by atoms with Gasteiger partial charge in [0.15, 0.2) is 17.5 Å². The van der Waals surface area contributed by atoms with Crippen molar-refractivity contribution in [1.29, 1.82) is 0 Å². The number of nitrogens with zero attached hydrogens (tertiary/aromatic N) is 3. The van der Waals surface area contributed by atoms with E-state index in [1.807, 2.05) is 60.7 Å². The van der Waals surface area contributed by atoms with Gasteiger partial charge in [0.2, 0.25) is 0 Å². The molecule has 0 saturated carbocycles. The van der Waals surface area contributed by atoms with E-state index in [2.05, 4.69) is 38.8 Å². The monoisotopic (exact) mass is 413 g/mol. The molecule has 0 spiro atoms. The van der Waals surface area contributed by atoms with Gasteiger partial charge in [-0.3, -0.25) is 0 Å². The molecule has 1 aromatic heterocycles. The molecule has 5 heteroatoms. The standard InChI is InChI=1S/C26H17N3O2.5H2/c1-2-3-10-17-31-21-15-16-22(23(30)18-21)26-28-24(19-11-6-4-7-12-19)27-25(29-26)20-13-8-5-9-14-20;;;;;/h4-9,11-16,18,30H,1H3;5*1H. The molecule has 0 saturated heterocycles. The molecule has 0 unspecified atom stereocenters. The summed E-state index contributed by atoms with van der Waals surface area (Å²) in [5.41, 5.74) is 2.18. The maximum Gasteiger partial charge on any atom is 0.167 e. The minimum absolute atomic E-state index is 0. The molecule has 0 aliphatic heterocycles. The molecule has 3 aromatic carbocycles. The number of hydrogen-bond acceptors (Lipinski definition) is 5. The Balaban J connectivity index is 0. The summed E-state index contributed by atoms with van der Waals surface area (Å²) in [4.78, 5) is 13.9. The SMILES string of the molecule is CC#CC#COc1ccc(-c2nc(-c3ccccc3)nc(-c3ccccc3)n2)c(O)c1.[HH].[HH].[HH].[HH].[HH]. The highest BCUT2D eigenvalue weighted by molar-refractivity contribution is 5.70. The smallest absolute Gasteiger partial charge is 0.167 e. The van der Waals surface area contributed by atoms with E-state index in [0.29, 0.717) is 28.8 Å². The van der Waals surface area contributed by atoms with Crippen LogP contribution in [0.1, 0.15) is 14.1 Å². The summed E-state index contributed by atoms with van der Waals surface area (Å²) in [6, 6.07) is 24.2. The molecule has 4 aromatic rings. The highest BCUT2D eigenvalue weighted by atomic mass is 16.5. The van der Waals surface area contributed by atoms with Crippen molar-refractivity contribution >= 4 is 0 Å². The largest absolute Gasteiger partial charge is 0.507 e. The van der Waals surface area contributed by atoms with E-state index in [1.54, 1.807) is 19.1 Å². The molecular formula is C26H27N3O2. The lowest BCUT2D eigenvalue weighted by Gasteiger charge is -2.09. The minimum Gasteiger partial charge on any atom is -0.507 e. The first-order valence-electron chi connectivity index (χ1n) is 9.53. The number of rotatable bonds is 4. The average molecular weight is 414 g/mol.